The molecule has 6 heteroatoms. The summed E-state index contributed by atoms with van der Waals surface area (Å²) in [6, 6.07) is 5.38. The first-order chi connectivity index (χ1) is 7.67. The summed E-state index contributed by atoms with van der Waals surface area (Å²) < 4.78 is 1.69. The van der Waals surface area contributed by atoms with E-state index in [-0.39, 0.29) is 0 Å². The number of hydrogen-bond donors (Lipinski definition) is 0. The van der Waals surface area contributed by atoms with Gasteiger partial charge in [-0.2, -0.15) is 0 Å². The quantitative estimate of drug-likeness (QED) is 0.805. The minimum Gasteiger partial charge on any atom is -0.248 e. The number of aromatic nitrogens is 3. The van der Waals surface area contributed by atoms with Gasteiger partial charge in [-0.3, -0.25) is 0 Å². The Balaban J connectivity index is 2.19. The second kappa shape index (κ2) is 5.04. The molecular weight excluding hydrogens is 268 g/mol. The summed E-state index contributed by atoms with van der Waals surface area (Å²) in [5.74, 6) is 0.357. The maximum absolute atomic E-state index is 5.90. The molecule has 0 radical (unpaired) electrons. The first-order valence-electron chi connectivity index (χ1n) is 4.57. The Morgan fingerprint density at radius 3 is 2.38 bits per heavy atom. The van der Waals surface area contributed by atoms with E-state index in [9.17, 15) is 0 Å². The van der Waals surface area contributed by atoms with Gasteiger partial charge in [-0.05, 0) is 23.8 Å². The van der Waals surface area contributed by atoms with Crippen molar-refractivity contribution in [2.75, 3.05) is 0 Å². The molecule has 0 aliphatic rings. The lowest BCUT2D eigenvalue weighted by atomic mass is 10.2. The predicted octanol–water partition coefficient (Wildman–Crippen LogP) is 3.37. The molecule has 0 amide bonds. The monoisotopic (exact) mass is 275 g/mol. The van der Waals surface area contributed by atoms with Crippen LogP contribution in [0.2, 0.25) is 10.0 Å². The topological polar surface area (TPSA) is 30.7 Å². The first kappa shape index (κ1) is 11.7. The smallest absolute Gasteiger partial charge is 0.0974 e. The van der Waals surface area contributed by atoms with Crippen LogP contribution in [-0.4, -0.2) is 15.0 Å². The molecule has 0 aliphatic carbocycles. The summed E-state index contributed by atoms with van der Waals surface area (Å²) in [5.41, 5.74) is 1.72. The van der Waals surface area contributed by atoms with Crippen molar-refractivity contribution in [2.24, 2.45) is 0 Å². The van der Waals surface area contributed by atoms with Crippen molar-refractivity contribution in [2.45, 2.75) is 12.4 Å². The Labute approximate surface area is 108 Å². The van der Waals surface area contributed by atoms with Crippen LogP contribution in [0.3, 0.4) is 0 Å². The average molecular weight is 277 g/mol. The van der Waals surface area contributed by atoms with Crippen molar-refractivity contribution in [1.29, 1.82) is 0 Å². The normalized spacial score (nSPS) is 10.7. The highest BCUT2D eigenvalue weighted by Gasteiger charge is 2.02. The molecule has 84 valence electrons. The molecule has 0 saturated heterocycles. The minimum absolute atomic E-state index is 0.357. The number of alkyl halides is 1. The molecule has 0 bridgehead atoms. The van der Waals surface area contributed by atoms with Gasteiger partial charge in [0.2, 0.25) is 0 Å². The lowest BCUT2D eigenvalue weighted by Crippen LogP contribution is -2.00. The molecule has 0 saturated carbocycles. The molecule has 2 aromatic rings. The van der Waals surface area contributed by atoms with E-state index in [1.165, 1.54) is 0 Å². The largest absolute Gasteiger partial charge is 0.248 e. The van der Waals surface area contributed by atoms with E-state index >= 15 is 0 Å². The van der Waals surface area contributed by atoms with Gasteiger partial charge in [0.1, 0.15) is 0 Å². The van der Waals surface area contributed by atoms with Gasteiger partial charge in [0.05, 0.1) is 24.3 Å². The lowest BCUT2D eigenvalue weighted by molar-refractivity contribution is 0.649. The Morgan fingerprint density at radius 2 is 1.81 bits per heavy atom. The van der Waals surface area contributed by atoms with Crippen molar-refractivity contribution in [3.05, 3.63) is 45.7 Å². The van der Waals surface area contributed by atoms with Crippen LogP contribution in [-0.2, 0) is 12.4 Å². The van der Waals surface area contributed by atoms with Crippen LogP contribution in [0.5, 0.6) is 0 Å². The summed E-state index contributed by atoms with van der Waals surface area (Å²) >= 11 is 17.4. The molecule has 0 unspecified atom stereocenters. The third-order valence-corrected chi connectivity index (χ3v) is 2.70. The maximum atomic E-state index is 5.90. The molecule has 0 N–H and O–H groups in total. The highest BCUT2D eigenvalue weighted by Crippen LogP contribution is 2.19. The van der Waals surface area contributed by atoms with E-state index in [0.717, 1.165) is 11.3 Å². The van der Waals surface area contributed by atoms with E-state index < -0.39 is 0 Å². The van der Waals surface area contributed by atoms with Crippen molar-refractivity contribution in [3.63, 3.8) is 0 Å². The van der Waals surface area contributed by atoms with Crippen LogP contribution in [0.4, 0.5) is 0 Å². The van der Waals surface area contributed by atoms with Gasteiger partial charge in [0.15, 0.2) is 0 Å². The Kier molecular flexibility index (Phi) is 3.69. The zero-order valence-corrected chi connectivity index (χ0v) is 10.5. The Bertz CT molecular complexity index is 476. The highest BCUT2D eigenvalue weighted by molar-refractivity contribution is 6.34. The predicted molar refractivity (Wildman–Crippen MR) is 65.1 cm³/mol. The fourth-order valence-corrected chi connectivity index (χ4v) is 2.06. The second-order valence-electron chi connectivity index (χ2n) is 3.32. The average Bonchev–Trinajstić information content (AvgIpc) is 2.64. The Morgan fingerprint density at radius 1 is 1.12 bits per heavy atom. The molecule has 1 heterocycles. The Hall–Kier alpha value is -0.770. The third kappa shape index (κ3) is 2.88. The summed E-state index contributed by atoms with van der Waals surface area (Å²) in [4.78, 5) is 0. The maximum Gasteiger partial charge on any atom is 0.0974 e. The van der Waals surface area contributed by atoms with Crippen LogP contribution < -0.4 is 0 Å². The van der Waals surface area contributed by atoms with Gasteiger partial charge >= 0.3 is 0 Å². The number of rotatable bonds is 3. The molecule has 0 atom stereocenters. The van der Waals surface area contributed by atoms with Crippen LogP contribution in [0.25, 0.3) is 0 Å². The van der Waals surface area contributed by atoms with Crippen molar-refractivity contribution in [1.82, 2.24) is 15.0 Å². The number of hydrogen-bond acceptors (Lipinski definition) is 2. The van der Waals surface area contributed by atoms with Gasteiger partial charge in [0, 0.05) is 10.0 Å². The van der Waals surface area contributed by atoms with Gasteiger partial charge in [-0.15, -0.1) is 16.7 Å². The molecule has 0 aliphatic heterocycles. The van der Waals surface area contributed by atoms with Crippen LogP contribution in [0.15, 0.2) is 24.4 Å². The minimum atomic E-state index is 0.357. The van der Waals surface area contributed by atoms with E-state index in [1.807, 2.05) is 12.1 Å². The summed E-state index contributed by atoms with van der Waals surface area (Å²) in [6.07, 6.45) is 1.79. The summed E-state index contributed by atoms with van der Waals surface area (Å²) in [6.45, 7) is 0.574. The lowest BCUT2D eigenvalue weighted by Gasteiger charge is -2.02. The second-order valence-corrected chi connectivity index (χ2v) is 4.46. The molecule has 3 nitrogen and oxygen atoms in total. The molecule has 0 spiro atoms. The molecule has 2 rings (SSSR count). The molecular formula is C10H8Cl3N3. The SMILES string of the molecule is ClCc1cn(Cc2cc(Cl)cc(Cl)c2)nn1. The van der Waals surface area contributed by atoms with E-state index in [1.54, 1.807) is 16.9 Å². The number of nitrogens with zero attached hydrogens (tertiary/aromatic N) is 3. The molecule has 1 aromatic heterocycles. The first-order valence-corrected chi connectivity index (χ1v) is 5.86. The van der Waals surface area contributed by atoms with Gasteiger partial charge < -0.3 is 0 Å². The van der Waals surface area contributed by atoms with Crippen molar-refractivity contribution in [3.8, 4) is 0 Å². The third-order valence-electron chi connectivity index (χ3n) is 1.99. The van der Waals surface area contributed by atoms with E-state index in [0.29, 0.717) is 22.5 Å². The van der Waals surface area contributed by atoms with E-state index in [4.69, 9.17) is 34.8 Å². The standard InChI is InChI=1S/C10H8Cl3N3/c11-4-10-6-16(15-14-10)5-7-1-8(12)3-9(13)2-7/h1-3,6H,4-5H2. The molecule has 16 heavy (non-hydrogen) atoms. The van der Waals surface area contributed by atoms with Crippen molar-refractivity contribution >= 4 is 34.8 Å². The van der Waals surface area contributed by atoms with E-state index in [2.05, 4.69) is 10.3 Å². The fraction of sp³-hybridized carbons (Fsp3) is 0.200. The highest BCUT2D eigenvalue weighted by atomic mass is 35.5. The van der Waals surface area contributed by atoms with Crippen LogP contribution >= 0.6 is 34.8 Å². The van der Waals surface area contributed by atoms with Crippen LogP contribution in [0, 0.1) is 0 Å². The summed E-state index contributed by atoms with van der Waals surface area (Å²) in [5, 5.41) is 9.05. The molecule has 1 aromatic carbocycles. The number of benzene rings is 1. The number of halogens is 3. The van der Waals surface area contributed by atoms with Gasteiger partial charge in [0.25, 0.3) is 0 Å². The van der Waals surface area contributed by atoms with Gasteiger partial charge in [-0.25, -0.2) is 4.68 Å². The van der Waals surface area contributed by atoms with Crippen molar-refractivity contribution < 1.29 is 0 Å². The fourth-order valence-electron chi connectivity index (χ4n) is 1.37. The zero-order valence-electron chi connectivity index (χ0n) is 8.20. The zero-order chi connectivity index (χ0) is 11.5. The van der Waals surface area contributed by atoms with Gasteiger partial charge in [-0.1, -0.05) is 28.4 Å². The summed E-state index contributed by atoms with van der Waals surface area (Å²) in [7, 11) is 0. The van der Waals surface area contributed by atoms with Crippen LogP contribution in [0.1, 0.15) is 11.3 Å². The molecule has 0 fully saturated rings.